The van der Waals surface area contributed by atoms with E-state index in [0.29, 0.717) is 23.5 Å². The van der Waals surface area contributed by atoms with E-state index in [1.165, 1.54) is 26.4 Å². The van der Waals surface area contributed by atoms with Crippen LogP contribution in [0.4, 0.5) is 11.4 Å². The van der Waals surface area contributed by atoms with Gasteiger partial charge in [-0.15, -0.1) is 0 Å². The van der Waals surface area contributed by atoms with Crippen LogP contribution >= 0.6 is 0 Å². The first-order valence-electron chi connectivity index (χ1n) is 11.4. The highest BCUT2D eigenvalue weighted by Gasteiger charge is 2.27. The molecule has 0 bridgehead atoms. The van der Waals surface area contributed by atoms with Crippen molar-refractivity contribution < 1.29 is 31.1 Å². The van der Waals surface area contributed by atoms with Gasteiger partial charge in [0.25, 0.3) is 5.91 Å². The van der Waals surface area contributed by atoms with Crippen LogP contribution in [0.25, 0.3) is 10.8 Å². The fourth-order valence-corrected chi connectivity index (χ4v) is 5.38. The van der Waals surface area contributed by atoms with Crippen molar-refractivity contribution >= 4 is 48.1 Å². The van der Waals surface area contributed by atoms with Gasteiger partial charge < -0.3 is 14.8 Å². The van der Waals surface area contributed by atoms with Crippen LogP contribution in [-0.4, -0.2) is 43.2 Å². The van der Waals surface area contributed by atoms with Gasteiger partial charge in [0.05, 0.1) is 26.2 Å². The zero-order chi connectivity index (χ0) is 27.5. The van der Waals surface area contributed by atoms with Gasteiger partial charge in [0.15, 0.2) is 0 Å². The molecule has 0 unspecified atom stereocenters. The number of amides is 1. The van der Waals surface area contributed by atoms with Gasteiger partial charge >= 0.3 is 0 Å². The van der Waals surface area contributed by atoms with Crippen LogP contribution in [0.1, 0.15) is 36.2 Å². The summed E-state index contributed by atoms with van der Waals surface area (Å²) in [6, 6.07) is 11.1. The highest BCUT2D eigenvalue weighted by molar-refractivity contribution is 7.92. The topological polar surface area (TPSA) is 154 Å². The molecule has 0 aliphatic heterocycles. The number of benzene rings is 3. The van der Waals surface area contributed by atoms with Gasteiger partial charge in [-0.3, -0.25) is 9.52 Å². The molecule has 0 radical (unpaired) electrons. The van der Waals surface area contributed by atoms with E-state index in [9.17, 15) is 21.6 Å². The summed E-state index contributed by atoms with van der Waals surface area (Å²) in [5.74, 6) is 0.310. The minimum Gasteiger partial charge on any atom is -0.495 e. The molecule has 4 N–H and O–H groups in total. The third kappa shape index (κ3) is 6.51. The van der Waals surface area contributed by atoms with Gasteiger partial charge in [-0.25, -0.2) is 22.0 Å². The van der Waals surface area contributed by atoms with Gasteiger partial charge in [-0.2, -0.15) is 0 Å². The number of nitrogens with two attached hydrogens (primary N) is 1. The van der Waals surface area contributed by atoms with Crippen LogP contribution in [0.3, 0.4) is 0 Å². The molecule has 200 valence electrons. The molecule has 0 saturated heterocycles. The zero-order valence-electron chi connectivity index (χ0n) is 21.3. The molecule has 0 saturated carbocycles. The molecule has 10 nitrogen and oxygen atoms in total. The van der Waals surface area contributed by atoms with Gasteiger partial charge in [0.2, 0.25) is 20.0 Å². The van der Waals surface area contributed by atoms with Crippen molar-refractivity contribution in [3.8, 4) is 11.5 Å². The van der Waals surface area contributed by atoms with Crippen molar-refractivity contribution in [2.45, 2.75) is 31.6 Å². The Balaban J connectivity index is 2.20. The zero-order valence-corrected chi connectivity index (χ0v) is 22.9. The lowest BCUT2D eigenvalue weighted by molar-refractivity contribution is 0.102. The van der Waals surface area contributed by atoms with Crippen LogP contribution in [-0.2, 0) is 26.5 Å². The number of fused-ring (bicyclic) bond motifs is 1. The van der Waals surface area contributed by atoms with Crippen LogP contribution in [0.5, 0.6) is 11.5 Å². The highest BCUT2D eigenvalue weighted by atomic mass is 32.2. The summed E-state index contributed by atoms with van der Waals surface area (Å²) in [6.07, 6.45) is 2.41. The molecule has 0 aliphatic rings. The van der Waals surface area contributed by atoms with Crippen molar-refractivity contribution in [3.05, 3.63) is 53.6 Å². The number of hydrogen-bond donors (Lipinski definition) is 3. The average Bonchev–Trinajstić information content (AvgIpc) is 2.80. The molecule has 0 heterocycles. The van der Waals surface area contributed by atoms with Crippen LogP contribution in [0.2, 0.25) is 0 Å². The summed E-state index contributed by atoms with van der Waals surface area (Å²) in [5, 5.41) is 9.56. The smallest absolute Gasteiger partial charge is 0.263 e. The molecule has 1 amide bonds. The predicted octanol–water partition coefficient (Wildman–Crippen LogP) is 3.72. The molecule has 0 aromatic heterocycles. The highest BCUT2D eigenvalue weighted by Crippen LogP contribution is 2.42. The van der Waals surface area contributed by atoms with Crippen molar-refractivity contribution in [1.29, 1.82) is 0 Å². The standard InChI is InChI=1S/C25H31N3O7S2/c1-15(2)10-12-19-17-8-6-7-9-18(17)23(34-3)22(24(19)35-4)25(29)27-20-13-11-16(28-36(5,30)31)14-21(20)37(26,32)33/h6-9,11,13-15,28H,10,12H2,1-5H3,(H,27,29)(H2,26,32,33). The summed E-state index contributed by atoms with van der Waals surface area (Å²) < 4.78 is 61.4. The molecular formula is C25H31N3O7S2. The number of carbonyl (C=O) groups excluding carboxylic acids is 1. The molecule has 37 heavy (non-hydrogen) atoms. The minimum absolute atomic E-state index is 0.0265. The molecule has 0 aliphatic carbocycles. The number of nitrogens with one attached hydrogen (secondary N) is 2. The van der Waals surface area contributed by atoms with Crippen LogP contribution in [0.15, 0.2) is 47.4 Å². The third-order valence-electron chi connectivity index (χ3n) is 5.67. The molecule has 3 rings (SSSR count). The molecule has 0 fully saturated rings. The van der Waals surface area contributed by atoms with Crippen LogP contribution in [0, 0.1) is 5.92 Å². The number of anilines is 2. The fourth-order valence-electron chi connectivity index (χ4n) is 4.10. The Labute approximate surface area is 217 Å². The number of hydrogen-bond acceptors (Lipinski definition) is 7. The predicted molar refractivity (Wildman–Crippen MR) is 144 cm³/mol. The molecule has 0 spiro atoms. The first-order chi connectivity index (χ1) is 17.3. The number of primary sulfonamides is 1. The van der Waals surface area contributed by atoms with E-state index in [1.54, 1.807) is 0 Å². The maximum atomic E-state index is 13.7. The molecular weight excluding hydrogens is 518 g/mol. The number of aryl methyl sites for hydroxylation is 1. The number of ether oxygens (including phenoxy) is 2. The Morgan fingerprint density at radius 3 is 2.14 bits per heavy atom. The van der Waals surface area contributed by atoms with Crippen molar-refractivity contribution in [2.75, 3.05) is 30.5 Å². The number of rotatable bonds is 10. The first-order valence-corrected chi connectivity index (χ1v) is 14.8. The molecule has 0 atom stereocenters. The minimum atomic E-state index is -4.34. The van der Waals surface area contributed by atoms with E-state index in [0.717, 1.165) is 29.7 Å². The summed E-state index contributed by atoms with van der Waals surface area (Å²) in [4.78, 5) is 13.2. The fraction of sp³-hybridized carbons (Fsp3) is 0.320. The van der Waals surface area contributed by atoms with Gasteiger partial charge in [-0.1, -0.05) is 38.1 Å². The first kappa shape index (κ1) is 28.2. The second-order valence-corrected chi connectivity index (χ2v) is 12.3. The Morgan fingerprint density at radius 2 is 1.59 bits per heavy atom. The second-order valence-electron chi connectivity index (χ2n) is 8.98. The lowest BCUT2D eigenvalue weighted by Crippen LogP contribution is -2.20. The third-order valence-corrected chi connectivity index (χ3v) is 7.23. The van der Waals surface area contributed by atoms with E-state index in [1.807, 2.05) is 24.3 Å². The van der Waals surface area contributed by atoms with Crippen molar-refractivity contribution in [3.63, 3.8) is 0 Å². The summed E-state index contributed by atoms with van der Waals surface area (Å²) in [7, 11) is -5.13. The van der Waals surface area contributed by atoms with Gasteiger partial charge in [-0.05, 0) is 42.3 Å². The van der Waals surface area contributed by atoms with Crippen molar-refractivity contribution in [2.24, 2.45) is 11.1 Å². The van der Waals surface area contributed by atoms with Gasteiger partial charge in [0.1, 0.15) is 22.0 Å². The monoisotopic (exact) mass is 549 g/mol. The summed E-state index contributed by atoms with van der Waals surface area (Å²) >= 11 is 0. The maximum Gasteiger partial charge on any atom is 0.263 e. The Kier molecular flexibility index (Phi) is 8.35. The summed E-state index contributed by atoms with van der Waals surface area (Å²) in [6.45, 7) is 4.20. The largest absolute Gasteiger partial charge is 0.495 e. The van der Waals surface area contributed by atoms with E-state index in [2.05, 4.69) is 23.9 Å². The SMILES string of the molecule is COc1c(C(=O)Nc2ccc(NS(C)(=O)=O)cc2S(N)(=O)=O)c(OC)c2ccccc2c1CCC(C)C. The number of sulfonamides is 2. The number of methoxy groups -OCH3 is 2. The van der Waals surface area contributed by atoms with Crippen LogP contribution < -0.4 is 24.7 Å². The van der Waals surface area contributed by atoms with E-state index >= 15 is 0 Å². The lowest BCUT2D eigenvalue weighted by atomic mass is 9.92. The van der Waals surface area contributed by atoms with E-state index < -0.39 is 30.8 Å². The maximum absolute atomic E-state index is 13.7. The second kappa shape index (κ2) is 11.0. The molecule has 3 aromatic carbocycles. The average molecular weight is 550 g/mol. The van der Waals surface area contributed by atoms with Gasteiger partial charge in [0, 0.05) is 16.6 Å². The lowest BCUT2D eigenvalue weighted by Gasteiger charge is -2.21. The number of carbonyl (C=O) groups is 1. The normalized spacial score (nSPS) is 12.0. The Hall–Kier alpha value is -3.35. The Bertz CT molecular complexity index is 1550. The van der Waals surface area contributed by atoms with E-state index in [-0.39, 0.29) is 22.7 Å². The Morgan fingerprint density at radius 1 is 0.973 bits per heavy atom. The van der Waals surface area contributed by atoms with Crippen molar-refractivity contribution in [1.82, 2.24) is 0 Å². The molecule has 12 heteroatoms. The molecule has 3 aromatic rings. The van der Waals surface area contributed by atoms with E-state index in [4.69, 9.17) is 14.6 Å². The summed E-state index contributed by atoms with van der Waals surface area (Å²) in [5.41, 5.74) is 0.771. The quantitative estimate of drug-likeness (QED) is 0.348.